The number of nitrogens with one attached hydrogen (secondary N) is 2. The van der Waals surface area contributed by atoms with Gasteiger partial charge >= 0.3 is 0 Å². The summed E-state index contributed by atoms with van der Waals surface area (Å²) in [5.41, 5.74) is 0.668. The number of hydrogen-bond donors (Lipinski definition) is 2. The number of fused-ring (bicyclic) bond motifs is 1. The SMILES string of the molecule is O=C(NCCN1CCOCC1)c1ccc(Sc2cnc3c(n2)N(Cc2c(F)ccc(F)c2Cl)CCCN3)cc1. The highest BCUT2D eigenvalue weighted by molar-refractivity contribution is 7.99. The molecule has 0 bridgehead atoms. The Labute approximate surface area is 235 Å². The fourth-order valence-corrected chi connectivity index (χ4v) is 5.41. The molecule has 39 heavy (non-hydrogen) atoms. The molecule has 0 saturated carbocycles. The number of ether oxygens (including phenoxy) is 1. The van der Waals surface area contributed by atoms with Gasteiger partial charge in [0.1, 0.15) is 16.7 Å². The topological polar surface area (TPSA) is 82.6 Å². The molecule has 3 heterocycles. The molecule has 3 aromatic rings. The summed E-state index contributed by atoms with van der Waals surface area (Å²) < 4.78 is 33.9. The van der Waals surface area contributed by atoms with Crippen LogP contribution >= 0.6 is 23.4 Å². The van der Waals surface area contributed by atoms with Crippen molar-refractivity contribution < 1.29 is 18.3 Å². The van der Waals surface area contributed by atoms with Crippen molar-refractivity contribution in [1.29, 1.82) is 0 Å². The third kappa shape index (κ3) is 6.96. The number of carbonyl (C=O) groups is 1. The van der Waals surface area contributed by atoms with E-state index in [1.807, 2.05) is 17.0 Å². The van der Waals surface area contributed by atoms with Crippen molar-refractivity contribution in [1.82, 2.24) is 20.2 Å². The van der Waals surface area contributed by atoms with Gasteiger partial charge in [-0.1, -0.05) is 23.4 Å². The quantitative estimate of drug-likeness (QED) is 0.382. The molecule has 12 heteroatoms. The zero-order chi connectivity index (χ0) is 27.2. The normalized spacial score (nSPS) is 15.8. The van der Waals surface area contributed by atoms with Gasteiger partial charge in [-0.3, -0.25) is 9.69 Å². The number of benzene rings is 2. The van der Waals surface area contributed by atoms with Crippen molar-refractivity contribution in [2.45, 2.75) is 22.9 Å². The van der Waals surface area contributed by atoms with E-state index < -0.39 is 11.6 Å². The Morgan fingerprint density at radius 2 is 1.87 bits per heavy atom. The van der Waals surface area contributed by atoms with Gasteiger partial charge in [0.2, 0.25) is 0 Å². The highest BCUT2D eigenvalue weighted by Crippen LogP contribution is 2.33. The maximum absolute atomic E-state index is 14.5. The van der Waals surface area contributed by atoms with E-state index in [1.54, 1.807) is 18.3 Å². The maximum Gasteiger partial charge on any atom is 0.251 e. The Morgan fingerprint density at radius 1 is 1.10 bits per heavy atom. The third-order valence-electron chi connectivity index (χ3n) is 6.57. The van der Waals surface area contributed by atoms with Gasteiger partial charge in [-0.15, -0.1) is 0 Å². The summed E-state index contributed by atoms with van der Waals surface area (Å²) in [5.74, 6) is -0.216. The predicted molar refractivity (Wildman–Crippen MR) is 148 cm³/mol. The molecule has 0 atom stereocenters. The number of morpholine rings is 1. The largest absolute Gasteiger partial charge is 0.379 e. The van der Waals surface area contributed by atoms with Crippen LogP contribution in [0.5, 0.6) is 0 Å². The molecule has 5 rings (SSSR count). The molecule has 2 aromatic carbocycles. The zero-order valence-electron chi connectivity index (χ0n) is 21.3. The van der Waals surface area contributed by atoms with Gasteiger partial charge in [0, 0.05) is 61.8 Å². The number of aromatic nitrogens is 2. The van der Waals surface area contributed by atoms with E-state index in [1.165, 1.54) is 11.8 Å². The second-order valence-corrected chi connectivity index (χ2v) is 10.7. The number of nitrogens with zero attached hydrogens (tertiary/aromatic N) is 4. The predicted octanol–water partition coefficient (Wildman–Crippen LogP) is 4.44. The fourth-order valence-electron chi connectivity index (χ4n) is 4.45. The van der Waals surface area contributed by atoms with Crippen LogP contribution in [0.2, 0.25) is 5.02 Å². The zero-order valence-corrected chi connectivity index (χ0v) is 22.8. The molecule has 1 saturated heterocycles. The van der Waals surface area contributed by atoms with Crippen LogP contribution < -0.4 is 15.5 Å². The van der Waals surface area contributed by atoms with Crippen LogP contribution in [-0.2, 0) is 11.3 Å². The second-order valence-electron chi connectivity index (χ2n) is 9.24. The summed E-state index contributed by atoms with van der Waals surface area (Å²) in [4.78, 5) is 26.9. The van der Waals surface area contributed by atoms with Crippen LogP contribution in [-0.4, -0.2) is 73.3 Å². The van der Waals surface area contributed by atoms with Crippen molar-refractivity contribution in [2.24, 2.45) is 0 Å². The van der Waals surface area contributed by atoms with Crippen LogP contribution in [0.25, 0.3) is 0 Å². The maximum atomic E-state index is 14.5. The fraction of sp³-hybridized carbons (Fsp3) is 0.370. The van der Waals surface area contributed by atoms with Crippen LogP contribution in [0.3, 0.4) is 0 Å². The second kappa shape index (κ2) is 12.9. The number of hydrogen-bond acceptors (Lipinski definition) is 8. The Bertz CT molecular complexity index is 1310. The van der Waals surface area contributed by atoms with Crippen LogP contribution in [0.15, 0.2) is 52.5 Å². The number of halogens is 3. The average molecular weight is 575 g/mol. The standard InChI is InChI=1S/C27H29ClF2N6O2S/c28-24-20(21(29)6-7-22(24)30)17-36-10-1-8-31-25-26(36)34-23(16-33-25)39-19-4-2-18(3-5-19)27(37)32-9-11-35-12-14-38-15-13-35/h2-7,16H,1,8-15,17H2,(H,31,33)(H,32,37). The van der Waals surface area contributed by atoms with E-state index in [-0.39, 0.29) is 23.0 Å². The molecule has 0 unspecified atom stereocenters. The van der Waals surface area contributed by atoms with Crippen LogP contribution in [0.1, 0.15) is 22.3 Å². The van der Waals surface area contributed by atoms with Crippen molar-refractivity contribution in [2.75, 3.05) is 62.7 Å². The minimum Gasteiger partial charge on any atom is -0.379 e. The van der Waals surface area contributed by atoms with Gasteiger partial charge in [0.25, 0.3) is 5.91 Å². The van der Waals surface area contributed by atoms with E-state index in [4.69, 9.17) is 21.3 Å². The molecule has 2 N–H and O–H groups in total. The lowest BCUT2D eigenvalue weighted by molar-refractivity contribution is 0.0383. The van der Waals surface area contributed by atoms with Gasteiger partial charge in [0.05, 0.1) is 24.4 Å². The first kappa shape index (κ1) is 27.6. The molecule has 2 aliphatic heterocycles. The highest BCUT2D eigenvalue weighted by atomic mass is 35.5. The monoisotopic (exact) mass is 574 g/mol. The summed E-state index contributed by atoms with van der Waals surface area (Å²) in [5, 5.41) is 6.63. The van der Waals surface area contributed by atoms with Crippen LogP contribution in [0, 0.1) is 11.6 Å². The molecular formula is C27H29ClF2N6O2S. The molecule has 1 aromatic heterocycles. The van der Waals surface area contributed by atoms with E-state index in [2.05, 4.69) is 20.5 Å². The number of amides is 1. The smallest absolute Gasteiger partial charge is 0.251 e. The minimum atomic E-state index is -0.661. The van der Waals surface area contributed by atoms with Crippen molar-refractivity contribution in [3.05, 3.63) is 70.4 Å². The molecule has 8 nitrogen and oxygen atoms in total. The molecule has 0 aliphatic carbocycles. The van der Waals surface area contributed by atoms with Crippen molar-refractivity contribution >= 4 is 40.9 Å². The van der Waals surface area contributed by atoms with E-state index in [9.17, 15) is 13.6 Å². The van der Waals surface area contributed by atoms with Gasteiger partial charge < -0.3 is 20.3 Å². The lowest BCUT2D eigenvalue weighted by Gasteiger charge is -2.26. The summed E-state index contributed by atoms with van der Waals surface area (Å²) >= 11 is 7.49. The summed E-state index contributed by atoms with van der Waals surface area (Å²) in [7, 11) is 0. The Hall–Kier alpha value is -2.99. The lowest BCUT2D eigenvalue weighted by atomic mass is 10.2. The van der Waals surface area contributed by atoms with Crippen LogP contribution in [0.4, 0.5) is 20.4 Å². The first-order valence-electron chi connectivity index (χ1n) is 12.8. The third-order valence-corrected chi connectivity index (χ3v) is 7.90. The van der Waals surface area contributed by atoms with Gasteiger partial charge in [-0.2, -0.15) is 0 Å². The van der Waals surface area contributed by atoms with Gasteiger partial charge in [-0.25, -0.2) is 18.7 Å². The van der Waals surface area contributed by atoms with Crippen molar-refractivity contribution in [3.63, 3.8) is 0 Å². The lowest BCUT2D eigenvalue weighted by Crippen LogP contribution is -2.41. The number of carbonyl (C=O) groups excluding carboxylic acids is 1. The van der Waals surface area contributed by atoms with Gasteiger partial charge in [-0.05, 0) is 42.8 Å². The Morgan fingerprint density at radius 3 is 2.67 bits per heavy atom. The number of rotatable bonds is 8. The molecule has 2 aliphatic rings. The summed E-state index contributed by atoms with van der Waals surface area (Å²) in [6, 6.07) is 9.41. The molecular weight excluding hydrogens is 546 g/mol. The Kier molecular flexibility index (Phi) is 9.13. The first-order valence-corrected chi connectivity index (χ1v) is 14.0. The van der Waals surface area contributed by atoms with E-state index in [0.29, 0.717) is 41.9 Å². The van der Waals surface area contributed by atoms with Gasteiger partial charge in [0.15, 0.2) is 11.6 Å². The minimum absolute atomic E-state index is 0.0647. The first-order chi connectivity index (χ1) is 19.0. The van der Waals surface area contributed by atoms with E-state index >= 15 is 0 Å². The summed E-state index contributed by atoms with van der Waals surface area (Å²) in [6.07, 6.45) is 2.44. The van der Waals surface area contributed by atoms with E-state index in [0.717, 1.165) is 56.3 Å². The highest BCUT2D eigenvalue weighted by Gasteiger charge is 2.22. The molecule has 1 fully saturated rings. The average Bonchev–Trinajstić information content (AvgIpc) is 3.16. The Balaban J connectivity index is 1.24. The molecule has 1 amide bonds. The molecule has 0 spiro atoms. The number of anilines is 2. The molecule has 206 valence electrons. The van der Waals surface area contributed by atoms with Crippen molar-refractivity contribution in [3.8, 4) is 0 Å². The molecule has 0 radical (unpaired) electrons. The summed E-state index contributed by atoms with van der Waals surface area (Å²) in [6.45, 7) is 5.93.